The van der Waals surface area contributed by atoms with E-state index in [2.05, 4.69) is 4.98 Å². The average Bonchev–Trinajstić information content (AvgIpc) is 2.44. The topological polar surface area (TPSA) is 59.4 Å². The first-order valence-electron chi connectivity index (χ1n) is 6.58. The Morgan fingerprint density at radius 2 is 1.95 bits per heavy atom. The molecule has 21 heavy (non-hydrogen) atoms. The van der Waals surface area contributed by atoms with E-state index in [0.717, 1.165) is 11.1 Å². The van der Waals surface area contributed by atoms with E-state index in [1.165, 1.54) is 0 Å². The van der Waals surface area contributed by atoms with Gasteiger partial charge in [0, 0.05) is 17.0 Å². The molecule has 4 nitrogen and oxygen atoms in total. The van der Waals surface area contributed by atoms with E-state index >= 15 is 0 Å². The summed E-state index contributed by atoms with van der Waals surface area (Å²) < 4.78 is 5.77. The van der Waals surface area contributed by atoms with Crippen molar-refractivity contribution in [1.82, 2.24) is 4.98 Å². The first kappa shape index (κ1) is 13.9. The fourth-order valence-electron chi connectivity index (χ4n) is 2.71. The lowest BCUT2D eigenvalue weighted by molar-refractivity contribution is -0.147. The second kappa shape index (κ2) is 4.74. The number of aliphatic carboxylic acids is 1. The smallest absolute Gasteiger partial charge is 0.310 e. The van der Waals surface area contributed by atoms with Gasteiger partial charge in [0.2, 0.25) is 5.88 Å². The highest BCUT2D eigenvalue weighted by Crippen LogP contribution is 2.51. The van der Waals surface area contributed by atoms with Crippen LogP contribution in [0.4, 0.5) is 0 Å². The first-order chi connectivity index (χ1) is 9.91. The Morgan fingerprint density at radius 1 is 1.24 bits per heavy atom. The molecule has 1 aliphatic heterocycles. The fraction of sp³-hybridized carbons (Fsp3) is 0.250. The number of nitrogens with zero attached hydrogens (tertiary/aromatic N) is 1. The van der Waals surface area contributed by atoms with Crippen molar-refractivity contribution in [3.63, 3.8) is 0 Å². The minimum Gasteiger partial charge on any atom is -0.481 e. The maximum Gasteiger partial charge on any atom is 0.310 e. The molecular weight excluding hydrogens is 290 g/mol. The number of carbonyl (C=O) groups is 1. The maximum absolute atomic E-state index is 11.7. The fourth-order valence-corrected chi connectivity index (χ4v) is 2.85. The summed E-state index contributed by atoms with van der Waals surface area (Å²) >= 11 is 5.92. The van der Waals surface area contributed by atoms with E-state index in [0.29, 0.717) is 16.8 Å². The number of benzene rings is 1. The Balaban J connectivity index is 2.26. The van der Waals surface area contributed by atoms with E-state index in [1.807, 2.05) is 24.3 Å². The van der Waals surface area contributed by atoms with Gasteiger partial charge in [-0.2, -0.15) is 0 Å². The monoisotopic (exact) mass is 303 g/mol. The predicted molar refractivity (Wildman–Crippen MR) is 79.0 cm³/mol. The molecule has 3 rings (SSSR count). The van der Waals surface area contributed by atoms with Gasteiger partial charge in [-0.1, -0.05) is 29.8 Å². The highest BCUT2D eigenvalue weighted by molar-refractivity contribution is 6.29. The molecule has 0 radical (unpaired) electrons. The van der Waals surface area contributed by atoms with Crippen molar-refractivity contribution in [2.24, 2.45) is 5.41 Å². The second-order valence-electron chi connectivity index (χ2n) is 5.63. The lowest BCUT2D eigenvalue weighted by atomic mass is 9.70. The molecule has 5 heteroatoms. The minimum atomic E-state index is -0.996. The Kier molecular flexibility index (Phi) is 3.14. The molecule has 0 saturated carbocycles. The molecule has 2 heterocycles. The van der Waals surface area contributed by atoms with Gasteiger partial charge in [0.25, 0.3) is 0 Å². The molecule has 0 fully saturated rings. The molecule has 0 spiro atoms. The molecule has 1 aromatic carbocycles. The molecule has 2 aromatic rings. The summed E-state index contributed by atoms with van der Waals surface area (Å²) in [6.45, 7) is 3.42. The van der Waals surface area contributed by atoms with Crippen molar-refractivity contribution in [3.8, 4) is 11.6 Å². The van der Waals surface area contributed by atoms with E-state index in [1.54, 1.807) is 26.0 Å². The first-order valence-corrected chi connectivity index (χ1v) is 6.95. The largest absolute Gasteiger partial charge is 0.481 e. The van der Waals surface area contributed by atoms with Crippen LogP contribution >= 0.6 is 11.6 Å². The average molecular weight is 304 g/mol. The van der Waals surface area contributed by atoms with Crippen LogP contribution in [0.1, 0.15) is 30.9 Å². The third kappa shape index (κ3) is 2.16. The van der Waals surface area contributed by atoms with E-state index < -0.39 is 11.4 Å². The zero-order chi connectivity index (χ0) is 15.2. The molecule has 0 aliphatic carbocycles. The Morgan fingerprint density at radius 3 is 2.67 bits per heavy atom. The van der Waals surface area contributed by atoms with Crippen LogP contribution in [0.2, 0.25) is 5.15 Å². The number of para-hydroxylation sites is 1. The molecule has 1 N–H and O–H groups in total. The van der Waals surface area contributed by atoms with Crippen molar-refractivity contribution < 1.29 is 14.6 Å². The molecule has 1 aromatic heterocycles. The molecular formula is C16H14ClNO3. The van der Waals surface area contributed by atoms with Crippen molar-refractivity contribution in [3.05, 3.63) is 52.7 Å². The third-order valence-electron chi connectivity index (χ3n) is 3.88. The second-order valence-corrected chi connectivity index (χ2v) is 6.02. The number of hydrogen-bond donors (Lipinski definition) is 1. The Bertz CT molecular complexity index is 727. The molecule has 0 bridgehead atoms. The number of pyridine rings is 1. The van der Waals surface area contributed by atoms with Gasteiger partial charge >= 0.3 is 5.97 Å². The van der Waals surface area contributed by atoms with E-state index in [9.17, 15) is 9.90 Å². The van der Waals surface area contributed by atoms with Crippen LogP contribution < -0.4 is 4.74 Å². The molecule has 0 amide bonds. The maximum atomic E-state index is 11.7. The van der Waals surface area contributed by atoms with Gasteiger partial charge in [-0.25, -0.2) is 4.98 Å². The number of aromatic nitrogens is 1. The Hall–Kier alpha value is -2.07. The highest BCUT2D eigenvalue weighted by Gasteiger charge is 2.44. The summed E-state index contributed by atoms with van der Waals surface area (Å²) in [7, 11) is 0. The molecule has 0 saturated heterocycles. The summed E-state index contributed by atoms with van der Waals surface area (Å²) in [5.74, 6) is -0.218. The van der Waals surface area contributed by atoms with Crippen LogP contribution in [-0.2, 0) is 4.79 Å². The molecule has 1 aliphatic rings. The molecule has 108 valence electrons. The van der Waals surface area contributed by atoms with Crippen molar-refractivity contribution >= 4 is 17.6 Å². The van der Waals surface area contributed by atoms with Crippen LogP contribution in [0.5, 0.6) is 11.6 Å². The van der Waals surface area contributed by atoms with E-state index in [4.69, 9.17) is 16.3 Å². The van der Waals surface area contributed by atoms with Gasteiger partial charge in [0.15, 0.2) is 0 Å². The van der Waals surface area contributed by atoms with E-state index in [-0.39, 0.29) is 5.92 Å². The van der Waals surface area contributed by atoms with Crippen LogP contribution in [0.25, 0.3) is 0 Å². The van der Waals surface area contributed by atoms with Crippen LogP contribution in [-0.4, -0.2) is 16.1 Å². The number of ether oxygens (including phenoxy) is 1. The third-order valence-corrected chi connectivity index (χ3v) is 4.09. The lowest BCUT2D eigenvalue weighted by Crippen LogP contribution is -2.33. The summed E-state index contributed by atoms with van der Waals surface area (Å²) in [5, 5.41) is 9.93. The minimum absolute atomic E-state index is 0.319. The van der Waals surface area contributed by atoms with Crippen molar-refractivity contribution in [2.45, 2.75) is 19.8 Å². The summed E-state index contributed by atoms with van der Waals surface area (Å²) in [4.78, 5) is 15.9. The zero-order valence-electron chi connectivity index (χ0n) is 11.6. The van der Waals surface area contributed by atoms with Crippen molar-refractivity contribution in [2.75, 3.05) is 0 Å². The van der Waals surface area contributed by atoms with Gasteiger partial charge in [-0.15, -0.1) is 0 Å². The van der Waals surface area contributed by atoms with Gasteiger partial charge in [-0.05, 0) is 32.0 Å². The molecule has 1 atom stereocenters. The van der Waals surface area contributed by atoms with Gasteiger partial charge in [-0.3, -0.25) is 4.79 Å². The van der Waals surface area contributed by atoms with Gasteiger partial charge in [0.1, 0.15) is 10.9 Å². The number of hydrogen-bond acceptors (Lipinski definition) is 3. The van der Waals surface area contributed by atoms with Crippen LogP contribution in [0, 0.1) is 5.41 Å². The highest BCUT2D eigenvalue weighted by atomic mass is 35.5. The zero-order valence-corrected chi connectivity index (χ0v) is 12.4. The number of halogens is 1. The summed E-state index contributed by atoms with van der Waals surface area (Å²) in [5.41, 5.74) is 0.594. The normalized spacial score (nSPS) is 16.6. The Labute approximate surface area is 127 Å². The number of carboxylic acid groups (broad SMARTS) is 1. The predicted octanol–water partition coefficient (Wildman–Crippen LogP) is 4.08. The SMILES string of the molecule is CC(C)(C(=O)O)[C@H]1c2ccccc2Oc2nc(Cl)ccc21. The molecule has 0 unspecified atom stereocenters. The van der Waals surface area contributed by atoms with Crippen molar-refractivity contribution in [1.29, 1.82) is 0 Å². The lowest BCUT2D eigenvalue weighted by Gasteiger charge is -2.35. The van der Waals surface area contributed by atoms with Crippen LogP contribution in [0.15, 0.2) is 36.4 Å². The summed E-state index contributed by atoms with van der Waals surface area (Å²) in [6, 6.07) is 10.9. The quantitative estimate of drug-likeness (QED) is 0.849. The number of carboxylic acids is 1. The standard InChI is InChI=1S/C16H14ClNO3/c1-16(2,15(19)20)13-9-5-3-4-6-11(9)21-14-10(13)7-8-12(17)18-14/h3-8,13H,1-2H3,(H,19,20)/t13-/m0/s1. The number of fused-ring (bicyclic) bond motifs is 2. The van der Waals surface area contributed by atoms with Gasteiger partial charge in [0.05, 0.1) is 5.41 Å². The summed E-state index contributed by atoms with van der Waals surface area (Å²) in [6.07, 6.45) is 0. The number of rotatable bonds is 2. The van der Waals surface area contributed by atoms with Gasteiger partial charge < -0.3 is 9.84 Å². The van der Waals surface area contributed by atoms with Crippen LogP contribution in [0.3, 0.4) is 0 Å².